The lowest BCUT2D eigenvalue weighted by molar-refractivity contribution is 0.527. The van der Waals surface area contributed by atoms with Gasteiger partial charge < -0.3 is 0 Å². The highest BCUT2D eigenvalue weighted by Crippen LogP contribution is 2.25. The number of aryl methyl sites for hydroxylation is 2. The molecule has 19 heavy (non-hydrogen) atoms. The summed E-state index contributed by atoms with van der Waals surface area (Å²) in [5.41, 5.74) is 5.69. The van der Waals surface area contributed by atoms with Crippen molar-refractivity contribution in [1.29, 1.82) is 0 Å². The molecule has 4 nitrogen and oxygen atoms in total. The molecule has 1 unspecified atom stereocenters. The van der Waals surface area contributed by atoms with Crippen LogP contribution in [0, 0.1) is 12.7 Å². The molecule has 0 aliphatic heterocycles. The molecule has 102 valence electrons. The highest BCUT2D eigenvalue weighted by atomic mass is 79.9. The number of nitrogens with two attached hydrogens (primary N) is 1. The first-order valence-corrected chi connectivity index (χ1v) is 6.71. The number of hydrogen-bond acceptors (Lipinski definition) is 3. The van der Waals surface area contributed by atoms with Crippen molar-refractivity contribution in [2.24, 2.45) is 12.9 Å². The highest BCUT2D eigenvalue weighted by Gasteiger charge is 2.17. The molecular weight excluding hydrogens is 311 g/mol. The molecule has 0 amide bonds. The maximum absolute atomic E-state index is 12.9. The topological polar surface area (TPSA) is 55.9 Å². The molecule has 0 spiro atoms. The van der Waals surface area contributed by atoms with Gasteiger partial charge in [-0.15, -0.1) is 0 Å². The lowest BCUT2D eigenvalue weighted by Crippen LogP contribution is -2.30. The fraction of sp³-hybridized carbons (Fsp3) is 0.308. The maximum atomic E-state index is 12.9. The van der Waals surface area contributed by atoms with Crippen molar-refractivity contribution in [1.82, 2.24) is 15.2 Å². The number of halogens is 2. The zero-order valence-corrected chi connectivity index (χ0v) is 12.4. The fourth-order valence-corrected chi connectivity index (χ4v) is 2.56. The van der Waals surface area contributed by atoms with Crippen molar-refractivity contribution in [2.75, 3.05) is 0 Å². The highest BCUT2D eigenvalue weighted by molar-refractivity contribution is 9.10. The van der Waals surface area contributed by atoms with Crippen LogP contribution in [-0.4, -0.2) is 9.78 Å². The lowest BCUT2D eigenvalue weighted by atomic mass is 10.0. The first kappa shape index (κ1) is 14.2. The van der Waals surface area contributed by atoms with Crippen LogP contribution in [0.3, 0.4) is 0 Å². The SMILES string of the molecule is Cc1nn(C)c(CC(NN)c2ccc(F)cc2)c1Br. The lowest BCUT2D eigenvalue weighted by Gasteiger charge is -2.16. The zero-order chi connectivity index (χ0) is 14.0. The van der Waals surface area contributed by atoms with Gasteiger partial charge in [0.1, 0.15) is 5.82 Å². The summed E-state index contributed by atoms with van der Waals surface area (Å²) in [5, 5.41) is 4.35. The number of hydrazine groups is 1. The van der Waals surface area contributed by atoms with Gasteiger partial charge in [0, 0.05) is 13.5 Å². The van der Waals surface area contributed by atoms with Gasteiger partial charge in [-0.25, -0.2) is 4.39 Å². The number of nitrogens with one attached hydrogen (secondary N) is 1. The third-order valence-electron chi connectivity index (χ3n) is 3.13. The molecule has 0 aliphatic carbocycles. The minimum absolute atomic E-state index is 0.0910. The largest absolute Gasteiger partial charge is 0.271 e. The van der Waals surface area contributed by atoms with Gasteiger partial charge in [-0.05, 0) is 40.5 Å². The summed E-state index contributed by atoms with van der Waals surface area (Å²) in [5.74, 6) is 5.36. The smallest absolute Gasteiger partial charge is 0.123 e. The Balaban J connectivity index is 2.26. The first-order chi connectivity index (χ1) is 9.02. The van der Waals surface area contributed by atoms with E-state index in [-0.39, 0.29) is 11.9 Å². The summed E-state index contributed by atoms with van der Waals surface area (Å²) in [7, 11) is 1.89. The van der Waals surface area contributed by atoms with E-state index in [1.54, 1.807) is 12.1 Å². The van der Waals surface area contributed by atoms with Crippen LogP contribution in [0.5, 0.6) is 0 Å². The number of benzene rings is 1. The van der Waals surface area contributed by atoms with Gasteiger partial charge >= 0.3 is 0 Å². The van der Waals surface area contributed by atoms with Crippen LogP contribution < -0.4 is 11.3 Å². The molecule has 0 saturated carbocycles. The molecule has 6 heteroatoms. The Kier molecular flexibility index (Phi) is 4.34. The van der Waals surface area contributed by atoms with Gasteiger partial charge in [-0.2, -0.15) is 5.10 Å². The van der Waals surface area contributed by atoms with Crippen molar-refractivity contribution < 1.29 is 4.39 Å². The van der Waals surface area contributed by atoms with E-state index in [4.69, 9.17) is 5.84 Å². The Morgan fingerprint density at radius 2 is 2.05 bits per heavy atom. The summed E-state index contributed by atoms with van der Waals surface area (Å²) in [4.78, 5) is 0. The van der Waals surface area contributed by atoms with E-state index in [9.17, 15) is 4.39 Å². The van der Waals surface area contributed by atoms with Crippen LogP contribution in [0.25, 0.3) is 0 Å². The van der Waals surface area contributed by atoms with Gasteiger partial charge in [0.05, 0.1) is 21.9 Å². The van der Waals surface area contributed by atoms with E-state index in [1.807, 2.05) is 18.7 Å². The standard InChI is InChI=1S/C13H16BrFN4/c1-8-13(14)12(19(2)18-8)7-11(17-16)9-3-5-10(15)6-4-9/h3-6,11,17H,7,16H2,1-2H3. The number of hydrogen-bond donors (Lipinski definition) is 2. The molecule has 3 N–H and O–H groups in total. The quantitative estimate of drug-likeness (QED) is 0.670. The Labute approximate surface area is 119 Å². The van der Waals surface area contributed by atoms with E-state index in [0.717, 1.165) is 21.4 Å². The molecule has 1 aromatic carbocycles. The minimum atomic E-state index is -0.253. The second kappa shape index (κ2) is 5.81. The summed E-state index contributed by atoms with van der Waals surface area (Å²) >= 11 is 3.53. The average molecular weight is 327 g/mol. The van der Waals surface area contributed by atoms with Crippen LogP contribution in [0.4, 0.5) is 4.39 Å². The molecule has 2 aromatic rings. The number of rotatable bonds is 4. The summed E-state index contributed by atoms with van der Waals surface area (Å²) in [6.07, 6.45) is 0.667. The van der Waals surface area contributed by atoms with E-state index < -0.39 is 0 Å². The molecule has 1 atom stereocenters. The van der Waals surface area contributed by atoms with Crippen molar-refractivity contribution in [3.8, 4) is 0 Å². The van der Waals surface area contributed by atoms with Gasteiger partial charge in [-0.1, -0.05) is 12.1 Å². The molecule has 0 fully saturated rings. The van der Waals surface area contributed by atoms with Crippen molar-refractivity contribution >= 4 is 15.9 Å². The zero-order valence-electron chi connectivity index (χ0n) is 10.8. The van der Waals surface area contributed by atoms with E-state index in [0.29, 0.717) is 6.42 Å². The van der Waals surface area contributed by atoms with Gasteiger partial charge in [0.15, 0.2) is 0 Å². The molecule has 1 aromatic heterocycles. The predicted octanol–water partition coefficient (Wildman–Crippen LogP) is 2.38. The van der Waals surface area contributed by atoms with Crippen LogP contribution in [0.2, 0.25) is 0 Å². The van der Waals surface area contributed by atoms with Crippen molar-refractivity contribution in [3.63, 3.8) is 0 Å². The number of nitrogens with zero attached hydrogens (tertiary/aromatic N) is 2. The Bertz CT molecular complexity index is 565. The molecule has 0 radical (unpaired) electrons. The minimum Gasteiger partial charge on any atom is -0.271 e. The normalized spacial score (nSPS) is 12.7. The van der Waals surface area contributed by atoms with Crippen LogP contribution >= 0.6 is 15.9 Å². The molecule has 0 bridgehead atoms. The molecule has 0 aliphatic rings. The van der Waals surface area contributed by atoms with Gasteiger partial charge in [0.25, 0.3) is 0 Å². The van der Waals surface area contributed by atoms with Crippen molar-refractivity contribution in [3.05, 3.63) is 51.5 Å². The third-order valence-corrected chi connectivity index (χ3v) is 4.16. The van der Waals surface area contributed by atoms with Crippen LogP contribution in [-0.2, 0) is 13.5 Å². The molecule has 1 heterocycles. The van der Waals surface area contributed by atoms with Crippen LogP contribution in [0.15, 0.2) is 28.7 Å². The molecular formula is C13H16BrFN4. The van der Waals surface area contributed by atoms with E-state index in [2.05, 4.69) is 26.5 Å². The Morgan fingerprint density at radius 3 is 2.53 bits per heavy atom. The fourth-order valence-electron chi connectivity index (χ4n) is 2.06. The second-order valence-corrected chi connectivity index (χ2v) is 5.24. The van der Waals surface area contributed by atoms with Gasteiger partial charge in [-0.3, -0.25) is 16.0 Å². The Morgan fingerprint density at radius 1 is 1.42 bits per heavy atom. The second-order valence-electron chi connectivity index (χ2n) is 4.44. The third kappa shape index (κ3) is 3.02. The van der Waals surface area contributed by atoms with Crippen LogP contribution in [0.1, 0.15) is 23.0 Å². The Hall–Kier alpha value is -1.24. The van der Waals surface area contributed by atoms with Gasteiger partial charge in [0.2, 0.25) is 0 Å². The number of aromatic nitrogens is 2. The van der Waals surface area contributed by atoms with Crippen molar-refractivity contribution in [2.45, 2.75) is 19.4 Å². The monoisotopic (exact) mass is 326 g/mol. The predicted molar refractivity (Wildman–Crippen MR) is 75.8 cm³/mol. The maximum Gasteiger partial charge on any atom is 0.123 e. The summed E-state index contributed by atoms with van der Waals surface area (Å²) in [6, 6.07) is 6.24. The molecule has 0 saturated heterocycles. The first-order valence-electron chi connectivity index (χ1n) is 5.92. The summed E-state index contributed by atoms with van der Waals surface area (Å²) in [6.45, 7) is 1.94. The van der Waals surface area contributed by atoms with E-state index >= 15 is 0 Å². The average Bonchev–Trinajstić information content (AvgIpc) is 2.63. The van der Waals surface area contributed by atoms with E-state index in [1.165, 1.54) is 12.1 Å². The summed E-state index contributed by atoms with van der Waals surface area (Å²) < 4.78 is 15.7. The molecule has 2 rings (SSSR count).